The molecule has 1 aromatic rings. The third-order valence-corrected chi connectivity index (χ3v) is 10.2. The fourth-order valence-corrected chi connectivity index (χ4v) is 8.56. The molecule has 2 saturated carbocycles. The molecule has 6 atom stereocenters. The number of aliphatic hydroxyl groups excluding tert-OH is 1. The number of benzene rings is 1. The van der Waals surface area contributed by atoms with E-state index in [1.54, 1.807) is 4.90 Å². The number of phosphoric acid groups is 1. The molecule has 36 heavy (non-hydrogen) atoms. The molecule has 3 N–H and O–H groups in total. The van der Waals surface area contributed by atoms with Crippen molar-refractivity contribution in [1.29, 1.82) is 0 Å². The zero-order valence-electron chi connectivity index (χ0n) is 21.3. The first kappa shape index (κ1) is 26.2. The van der Waals surface area contributed by atoms with Gasteiger partial charge in [-0.25, -0.2) is 9.36 Å². The second-order valence-corrected chi connectivity index (χ2v) is 12.9. The van der Waals surface area contributed by atoms with Crippen molar-refractivity contribution in [1.82, 2.24) is 4.90 Å². The van der Waals surface area contributed by atoms with Crippen LogP contribution in [0.3, 0.4) is 0 Å². The molecule has 0 spiro atoms. The smallest absolute Gasteiger partial charge is 0.410 e. The van der Waals surface area contributed by atoms with E-state index >= 15 is 0 Å². The van der Waals surface area contributed by atoms with Crippen LogP contribution in [0.15, 0.2) is 18.2 Å². The summed E-state index contributed by atoms with van der Waals surface area (Å²) in [6, 6.07) is 6.12. The SMILES string of the molecule is CCC[C@@H]1Cc2cc(OC(=O)N3CCC(OP(=O)(O)O)CC3)ccc2[C@H]2CC[C@]3(C)[C@@H](O)CC[C@H]3[C@H]12. The van der Waals surface area contributed by atoms with Crippen LogP contribution in [0.2, 0.25) is 0 Å². The summed E-state index contributed by atoms with van der Waals surface area (Å²) in [7, 11) is -4.52. The molecule has 3 aliphatic carbocycles. The summed E-state index contributed by atoms with van der Waals surface area (Å²) in [6.07, 6.45) is 7.09. The lowest BCUT2D eigenvalue weighted by Crippen LogP contribution is -2.47. The van der Waals surface area contributed by atoms with E-state index in [1.807, 2.05) is 12.1 Å². The van der Waals surface area contributed by atoms with E-state index in [0.717, 1.165) is 38.5 Å². The molecule has 1 aromatic carbocycles. The van der Waals surface area contributed by atoms with Gasteiger partial charge in [-0.05, 0) is 97.3 Å². The molecule has 0 bridgehead atoms. The second kappa shape index (κ2) is 10.0. The van der Waals surface area contributed by atoms with Crippen LogP contribution >= 0.6 is 7.82 Å². The number of hydrogen-bond acceptors (Lipinski definition) is 5. The van der Waals surface area contributed by atoms with E-state index in [1.165, 1.54) is 17.5 Å². The van der Waals surface area contributed by atoms with E-state index in [4.69, 9.17) is 19.0 Å². The topological polar surface area (TPSA) is 117 Å². The number of hydrogen-bond donors (Lipinski definition) is 3. The van der Waals surface area contributed by atoms with Crippen LogP contribution in [-0.2, 0) is 15.5 Å². The largest absolute Gasteiger partial charge is 0.469 e. The number of carbonyl (C=O) groups is 1. The standard InChI is InChI=1S/C27H40NO7P/c1-3-4-17-15-18-16-20(34-26(30)28-13-10-19(11-14-28)35-36(31,32)33)5-6-21(18)22-9-12-27(2)23(25(17)22)7-8-24(27)29/h5-6,16-17,19,22-25,29H,3-4,7-15H2,1-2H3,(H2,31,32,33)/t17-,22-,23+,24+,25-,27+/m1/s1. The predicted octanol–water partition coefficient (Wildman–Crippen LogP) is 5.00. The average Bonchev–Trinajstić information content (AvgIpc) is 3.12. The number of likely N-dealkylation sites (tertiary alicyclic amines) is 1. The molecule has 3 fully saturated rings. The minimum absolute atomic E-state index is 0.0455. The molecule has 200 valence electrons. The molecule has 1 aliphatic heterocycles. The highest BCUT2D eigenvalue weighted by Gasteiger charge is 2.56. The molecule has 4 aliphatic rings. The lowest BCUT2D eigenvalue weighted by Gasteiger charge is -2.53. The van der Waals surface area contributed by atoms with Crippen molar-refractivity contribution in [3.05, 3.63) is 29.3 Å². The summed E-state index contributed by atoms with van der Waals surface area (Å²) >= 11 is 0. The number of amides is 1. The van der Waals surface area contributed by atoms with Crippen molar-refractivity contribution in [3.63, 3.8) is 0 Å². The van der Waals surface area contributed by atoms with Gasteiger partial charge in [0.1, 0.15) is 5.75 Å². The molecule has 9 heteroatoms. The number of piperidine rings is 1. The van der Waals surface area contributed by atoms with Gasteiger partial charge in [-0.3, -0.25) is 4.52 Å². The van der Waals surface area contributed by atoms with Gasteiger partial charge in [0.25, 0.3) is 0 Å². The Labute approximate surface area is 213 Å². The third-order valence-electron chi connectivity index (χ3n) is 9.67. The highest BCUT2D eigenvalue weighted by atomic mass is 31.2. The Bertz CT molecular complexity index is 1020. The Balaban J connectivity index is 1.28. The Morgan fingerprint density at radius 2 is 1.92 bits per heavy atom. The molecule has 0 aromatic heterocycles. The molecule has 0 radical (unpaired) electrons. The molecule has 8 nitrogen and oxygen atoms in total. The predicted molar refractivity (Wildman–Crippen MR) is 135 cm³/mol. The van der Waals surface area contributed by atoms with Crippen molar-refractivity contribution in [2.45, 2.75) is 89.8 Å². The van der Waals surface area contributed by atoms with E-state index < -0.39 is 20.0 Å². The molecule has 1 heterocycles. The van der Waals surface area contributed by atoms with Crippen LogP contribution in [0, 0.1) is 23.2 Å². The van der Waals surface area contributed by atoms with Crippen molar-refractivity contribution in [2.75, 3.05) is 13.1 Å². The Hall–Kier alpha value is -1.44. The second-order valence-electron chi connectivity index (χ2n) is 11.7. The first-order valence-electron chi connectivity index (χ1n) is 13.6. The van der Waals surface area contributed by atoms with Gasteiger partial charge in [0.2, 0.25) is 0 Å². The van der Waals surface area contributed by atoms with E-state index in [9.17, 15) is 14.5 Å². The molecular weight excluding hydrogens is 481 g/mol. The van der Waals surface area contributed by atoms with Crippen LogP contribution < -0.4 is 4.74 Å². The highest BCUT2D eigenvalue weighted by molar-refractivity contribution is 7.46. The van der Waals surface area contributed by atoms with E-state index in [0.29, 0.717) is 55.4 Å². The minimum Gasteiger partial charge on any atom is -0.410 e. The van der Waals surface area contributed by atoms with Crippen molar-refractivity contribution >= 4 is 13.9 Å². The molecule has 0 unspecified atom stereocenters. The maximum absolute atomic E-state index is 12.8. The fourth-order valence-electron chi connectivity index (χ4n) is 7.96. The van der Waals surface area contributed by atoms with Gasteiger partial charge in [0.05, 0.1) is 12.2 Å². The average molecular weight is 522 g/mol. The summed E-state index contributed by atoms with van der Waals surface area (Å²) in [5, 5.41) is 10.8. The van der Waals surface area contributed by atoms with Gasteiger partial charge in [-0.2, -0.15) is 0 Å². The lowest BCUT2D eigenvalue weighted by atomic mass is 9.52. The maximum atomic E-state index is 12.8. The van der Waals surface area contributed by atoms with Crippen LogP contribution in [0.5, 0.6) is 5.75 Å². The van der Waals surface area contributed by atoms with Gasteiger partial charge in [0, 0.05) is 13.1 Å². The Kier molecular flexibility index (Phi) is 7.29. The molecular formula is C27H40NO7P. The normalized spacial score (nSPS) is 34.6. The number of nitrogens with zero attached hydrogens (tertiary/aromatic N) is 1. The minimum atomic E-state index is -4.52. The molecule has 1 amide bonds. The van der Waals surface area contributed by atoms with Gasteiger partial charge in [-0.1, -0.05) is 32.8 Å². The monoisotopic (exact) mass is 521 g/mol. The van der Waals surface area contributed by atoms with Gasteiger partial charge < -0.3 is 24.5 Å². The molecule has 1 saturated heterocycles. The number of ether oxygens (including phenoxy) is 1. The zero-order chi connectivity index (χ0) is 25.7. The Morgan fingerprint density at radius 3 is 2.61 bits per heavy atom. The number of fused-ring (bicyclic) bond motifs is 5. The quantitative estimate of drug-likeness (QED) is 0.467. The first-order chi connectivity index (χ1) is 17.1. The zero-order valence-corrected chi connectivity index (χ0v) is 22.2. The summed E-state index contributed by atoms with van der Waals surface area (Å²) < 4.78 is 21.6. The van der Waals surface area contributed by atoms with Crippen molar-refractivity contribution in [2.24, 2.45) is 23.2 Å². The van der Waals surface area contributed by atoms with E-state index in [-0.39, 0.29) is 11.5 Å². The third kappa shape index (κ3) is 5.00. The van der Waals surface area contributed by atoms with Crippen LogP contribution in [0.4, 0.5) is 4.79 Å². The van der Waals surface area contributed by atoms with Gasteiger partial charge in [0.15, 0.2) is 0 Å². The van der Waals surface area contributed by atoms with Gasteiger partial charge >= 0.3 is 13.9 Å². The highest BCUT2D eigenvalue weighted by Crippen LogP contribution is 2.62. The summed E-state index contributed by atoms with van der Waals surface area (Å²) in [5.41, 5.74) is 2.73. The first-order valence-corrected chi connectivity index (χ1v) is 15.1. The van der Waals surface area contributed by atoms with Crippen molar-refractivity contribution < 1.29 is 33.5 Å². The Morgan fingerprint density at radius 1 is 1.17 bits per heavy atom. The van der Waals surface area contributed by atoms with Gasteiger partial charge in [-0.15, -0.1) is 0 Å². The van der Waals surface area contributed by atoms with Crippen LogP contribution in [0.25, 0.3) is 0 Å². The number of carbonyl (C=O) groups excluding carboxylic acids is 1. The fraction of sp³-hybridized carbons (Fsp3) is 0.741. The van der Waals surface area contributed by atoms with E-state index in [2.05, 4.69) is 19.9 Å². The summed E-state index contributed by atoms with van der Waals surface area (Å²) in [4.78, 5) is 32.4. The number of phosphoric ester groups is 1. The number of aliphatic hydroxyl groups is 1. The lowest BCUT2D eigenvalue weighted by molar-refractivity contribution is -0.0394. The molecule has 5 rings (SSSR count). The van der Waals surface area contributed by atoms with Crippen molar-refractivity contribution in [3.8, 4) is 5.75 Å². The summed E-state index contributed by atoms with van der Waals surface area (Å²) in [6.45, 7) is 5.24. The van der Waals surface area contributed by atoms with Crippen LogP contribution in [-0.4, -0.2) is 51.2 Å². The number of rotatable bonds is 5. The maximum Gasteiger partial charge on any atom is 0.469 e. The summed E-state index contributed by atoms with van der Waals surface area (Å²) in [5.74, 6) is 2.83. The van der Waals surface area contributed by atoms with Crippen LogP contribution in [0.1, 0.15) is 82.3 Å².